The lowest BCUT2D eigenvalue weighted by molar-refractivity contribution is -0.137. The van der Waals surface area contributed by atoms with Gasteiger partial charge in [-0.25, -0.2) is 0 Å². The summed E-state index contributed by atoms with van der Waals surface area (Å²) in [6.45, 7) is 5.48. The number of alkyl halides is 3. The van der Waals surface area contributed by atoms with Gasteiger partial charge >= 0.3 is 6.18 Å². The summed E-state index contributed by atoms with van der Waals surface area (Å²) >= 11 is 0. The second-order valence-corrected chi connectivity index (χ2v) is 7.54. The number of amides is 2. The zero-order chi connectivity index (χ0) is 21.2. The van der Waals surface area contributed by atoms with Crippen molar-refractivity contribution in [3.05, 3.63) is 52.8 Å². The number of carbonyl (C=O) groups excluding carboxylic acids is 2. The maximum absolute atomic E-state index is 12.7. The molecule has 2 aromatic rings. The molecule has 2 heterocycles. The second-order valence-electron chi connectivity index (χ2n) is 7.54. The molecule has 0 spiro atoms. The summed E-state index contributed by atoms with van der Waals surface area (Å²) in [6, 6.07) is 5.92. The minimum Gasteiger partial charge on any atom is -0.335 e. The van der Waals surface area contributed by atoms with Crippen molar-refractivity contribution in [3.8, 4) is 0 Å². The van der Waals surface area contributed by atoms with E-state index in [-0.39, 0.29) is 17.4 Å². The molecule has 0 radical (unpaired) electrons. The van der Waals surface area contributed by atoms with Crippen molar-refractivity contribution in [1.82, 2.24) is 20.0 Å². The Bertz CT molecular complexity index is 867. The van der Waals surface area contributed by atoms with Crippen molar-refractivity contribution in [3.63, 3.8) is 0 Å². The molecule has 0 bridgehead atoms. The molecule has 0 atom stereocenters. The van der Waals surface area contributed by atoms with Crippen LogP contribution in [0.2, 0.25) is 0 Å². The van der Waals surface area contributed by atoms with Gasteiger partial charge in [-0.1, -0.05) is 13.8 Å². The van der Waals surface area contributed by atoms with Crippen LogP contribution in [0.25, 0.3) is 0 Å². The van der Waals surface area contributed by atoms with Gasteiger partial charge in [-0.05, 0) is 42.7 Å². The molecule has 1 aliphatic heterocycles. The average molecular weight is 408 g/mol. The Balaban J connectivity index is 1.57. The molecular weight excluding hydrogens is 385 g/mol. The number of aromatic nitrogens is 2. The molecule has 1 fully saturated rings. The molecule has 1 aliphatic rings. The van der Waals surface area contributed by atoms with E-state index in [1.54, 1.807) is 15.9 Å². The molecule has 9 heteroatoms. The van der Waals surface area contributed by atoms with Gasteiger partial charge in [0.05, 0.1) is 5.56 Å². The molecule has 29 heavy (non-hydrogen) atoms. The van der Waals surface area contributed by atoms with Crippen molar-refractivity contribution in [2.24, 2.45) is 5.92 Å². The molecule has 3 rings (SSSR count). The third-order valence-electron chi connectivity index (χ3n) is 4.79. The minimum atomic E-state index is -4.44. The Kier molecular flexibility index (Phi) is 5.95. The number of hydrogen-bond acceptors (Lipinski definition) is 3. The number of piperazine rings is 1. The third-order valence-corrected chi connectivity index (χ3v) is 4.79. The van der Waals surface area contributed by atoms with Crippen LogP contribution >= 0.6 is 0 Å². The number of carbonyl (C=O) groups is 2. The second kappa shape index (κ2) is 8.26. The van der Waals surface area contributed by atoms with Gasteiger partial charge in [-0.15, -0.1) is 0 Å². The van der Waals surface area contributed by atoms with Crippen LogP contribution in [0.3, 0.4) is 0 Å². The summed E-state index contributed by atoms with van der Waals surface area (Å²) in [5.74, 6) is -0.0964. The Labute approximate surface area is 166 Å². The highest BCUT2D eigenvalue weighted by atomic mass is 19.4. The molecular formula is C20H23F3N4O2. The van der Waals surface area contributed by atoms with Crippen molar-refractivity contribution in [2.75, 3.05) is 26.2 Å². The zero-order valence-electron chi connectivity index (χ0n) is 16.3. The minimum absolute atomic E-state index is 0.196. The predicted molar refractivity (Wildman–Crippen MR) is 100 cm³/mol. The number of rotatable bonds is 4. The number of H-pyrrole nitrogens is 1. The molecule has 1 aromatic carbocycles. The summed E-state index contributed by atoms with van der Waals surface area (Å²) in [7, 11) is 0. The van der Waals surface area contributed by atoms with Gasteiger partial charge in [0.25, 0.3) is 11.8 Å². The van der Waals surface area contributed by atoms with E-state index in [2.05, 4.69) is 24.0 Å². The van der Waals surface area contributed by atoms with Gasteiger partial charge < -0.3 is 9.80 Å². The maximum atomic E-state index is 12.7. The fourth-order valence-electron chi connectivity index (χ4n) is 3.27. The standard InChI is InChI=1S/C20H23F3N4O2/c1-13(2)11-16-12-17(25-24-16)19(29)27-9-7-26(8-10-27)18(28)14-3-5-15(6-4-14)20(21,22)23/h3-6,12-13H,7-11H2,1-2H3,(H,24,25). The van der Waals surface area contributed by atoms with Gasteiger partial charge in [-0.3, -0.25) is 14.7 Å². The van der Waals surface area contributed by atoms with E-state index in [1.807, 2.05) is 0 Å². The summed E-state index contributed by atoms with van der Waals surface area (Å²) in [4.78, 5) is 28.3. The molecule has 0 unspecified atom stereocenters. The van der Waals surface area contributed by atoms with E-state index < -0.39 is 11.7 Å². The topological polar surface area (TPSA) is 69.3 Å². The number of halogens is 3. The molecule has 156 valence electrons. The molecule has 0 saturated carbocycles. The Morgan fingerprint density at radius 3 is 2.10 bits per heavy atom. The van der Waals surface area contributed by atoms with E-state index in [0.717, 1.165) is 24.2 Å². The SMILES string of the molecule is CC(C)Cc1cc(C(=O)N2CCN(C(=O)c3ccc(C(F)(F)F)cc3)CC2)n[nH]1. The molecule has 1 N–H and O–H groups in total. The number of aromatic amines is 1. The number of nitrogens with one attached hydrogen (secondary N) is 1. The summed E-state index contributed by atoms with van der Waals surface area (Å²) in [6.07, 6.45) is -3.63. The molecule has 1 aromatic heterocycles. The van der Waals surface area contributed by atoms with E-state index in [0.29, 0.717) is 37.8 Å². The largest absolute Gasteiger partial charge is 0.416 e. The molecule has 1 saturated heterocycles. The lowest BCUT2D eigenvalue weighted by Crippen LogP contribution is -2.50. The van der Waals surface area contributed by atoms with Gasteiger partial charge in [0, 0.05) is 37.4 Å². The van der Waals surface area contributed by atoms with Crippen LogP contribution in [0.4, 0.5) is 13.2 Å². The first-order valence-corrected chi connectivity index (χ1v) is 9.45. The summed E-state index contributed by atoms with van der Waals surface area (Å²) in [5, 5.41) is 6.96. The van der Waals surface area contributed by atoms with Crippen LogP contribution in [-0.2, 0) is 12.6 Å². The average Bonchev–Trinajstić information content (AvgIpc) is 3.14. The summed E-state index contributed by atoms with van der Waals surface area (Å²) in [5.41, 5.74) is 0.659. The van der Waals surface area contributed by atoms with Crippen molar-refractivity contribution in [1.29, 1.82) is 0 Å². The highest BCUT2D eigenvalue weighted by molar-refractivity contribution is 5.95. The lowest BCUT2D eigenvalue weighted by Gasteiger charge is -2.34. The van der Waals surface area contributed by atoms with Crippen LogP contribution in [0, 0.1) is 5.92 Å². The van der Waals surface area contributed by atoms with Crippen LogP contribution < -0.4 is 0 Å². The van der Waals surface area contributed by atoms with Crippen LogP contribution in [-0.4, -0.2) is 58.0 Å². The van der Waals surface area contributed by atoms with Crippen molar-refractivity contribution in [2.45, 2.75) is 26.4 Å². The first-order chi connectivity index (χ1) is 13.6. The van der Waals surface area contributed by atoms with Crippen LogP contribution in [0.15, 0.2) is 30.3 Å². The first kappa shape index (κ1) is 20.9. The molecule has 0 aliphatic carbocycles. The van der Waals surface area contributed by atoms with Gasteiger partial charge in [0.2, 0.25) is 0 Å². The number of hydrogen-bond donors (Lipinski definition) is 1. The molecule has 2 amide bonds. The predicted octanol–water partition coefficient (Wildman–Crippen LogP) is 3.23. The number of benzene rings is 1. The Morgan fingerprint density at radius 2 is 1.59 bits per heavy atom. The van der Waals surface area contributed by atoms with E-state index in [4.69, 9.17) is 0 Å². The normalized spacial score (nSPS) is 15.1. The van der Waals surface area contributed by atoms with E-state index >= 15 is 0 Å². The van der Waals surface area contributed by atoms with Crippen LogP contribution in [0.5, 0.6) is 0 Å². The smallest absolute Gasteiger partial charge is 0.335 e. The Hall–Kier alpha value is -2.84. The van der Waals surface area contributed by atoms with E-state index in [1.165, 1.54) is 12.1 Å². The number of nitrogens with zero attached hydrogens (tertiary/aromatic N) is 3. The van der Waals surface area contributed by atoms with Gasteiger partial charge in [0.1, 0.15) is 5.69 Å². The van der Waals surface area contributed by atoms with Crippen LogP contribution in [0.1, 0.15) is 46.0 Å². The zero-order valence-corrected chi connectivity index (χ0v) is 16.3. The highest BCUT2D eigenvalue weighted by Crippen LogP contribution is 2.29. The fraction of sp³-hybridized carbons (Fsp3) is 0.450. The maximum Gasteiger partial charge on any atom is 0.416 e. The Morgan fingerprint density at radius 1 is 1.03 bits per heavy atom. The fourth-order valence-corrected chi connectivity index (χ4v) is 3.27. The first-order valence-electron chi connectivity index (χ1n) is 9.45. The van der Waals surface area contributed by atoms with E-state index in [9.17, 15) is 22.8 Å². The molecule has 6 nitrogen and oxygen atoms in total. The highest BCUT2D eigenvalue weighted by Gasteiger charge is 2.31. The quantitative estimate of drug-likeness (QED) is 0.845. The van der Waals surface area contributed by atoms with Crippen molar-refractivity contribution >= 4 is 11.8 Å². The third kappa shape index (κ3) is 4.96. The van der Waals surface area contributed by atoms with Gasteiger partial charge in [-0.2, -0.15) is 18.3 Å². The van der Waals surface area contributed by atoms with Gasteiger partial charge in [0.15, 0.2) is 0 Å². The lowest BCUT2D eigenvalue weighted by atomic mass is 10.1. The summed E-state index contributed by atoms with van der Waals surface area (Å²) < 4.78 is 38.0. The monoisotopic (exact) mass is 408 g/mol. The van der Waals surface area contributed by atoms with Crippen molar-refractivity contribution < 1.29 is 22.8 Å².